The van der Waals surface area contributed by atoms with E-state index < -0.39 is 40.1 Å². The molecule has 0 spiro atoms. The molecule has 0 fully saturated rings. The van der Waals surface area contributed by atoms with Crippen LogP contribution in [0.2, 0.25) is 0 Å². The Morgan fingerprint density at radius 1 is 1.29 bits per heavy atom. The fraction of sp³-hybridized carbons (Fsp3) is 0.389. The lowest BCUT2D eigenvalue weighted by Gasteiger charge is -2.31. The van der Waals surface area contributed by atoms with Gasteiger partial charge in [-0.1, -0.05) is 0 Å². The maximum Gasteiger partial charge on any atom is 0.416 e. The second-order valence-corrected chi connectivity index (χ2v) is 9.86. The van der Waals surface area contributed by atoms with E-state index in [-0.39, 0.29) is 22.8 Å². The molecule has 3 rings (SSSR count). The van der Waals surface area contributed by atoms with Crippen LogP contribution in [0.5, 0.6) is 0 Å². The van der Waals surface area contributed by atoms with Crippen molar-refractivity contribution in [2.24, 2.45) is 7.05 Å². The highest BCUT2D eigenvalue weighted by molar-refractivity contribution is 8.00. The van der Waals surface area contributed by atoms with Gasteiger partial charge in [-0.2, -0.15) is 18.3 Å². The number of benzene rings is 1. The second kappa shape index (κ2) is 7.86. The highest BCUT2D eigenvalue weighted by Gasteiger charge is 2.37. The van der Waals surface area contributed by atoms with E-state index in [1.807, 2.05) is 0 Å². The smallest absolute Gasteiger partial charge is 0.301 e. The summed E-state index contributed by atoms with van der Waals surface area (Å²) in [5.74, 6) is -1.67. The number of aromatic nitrogens is 2. The molecule has 13 heteroatoms. The van der Waals surface area contributed by atoms with Crippen molar-refractivity contribution in [2.75, 3.05) is 27.8 Å². The molecular weight excluding hydrogens is 457 g/mol. The van der Waals surface area contributed by atoms with Gasteiger partial charge in [0.1, 0.15) is 12.2 Å². The number of aryl methyl sites for hydroxylation is 2. The lowest BCUT2D eigenvalue weighted by Crippen LogP contribution is -2.47. The third-order valence-electron chi connectivity index (χ3n) is 4.75. The summed E-state index contributed by atoms with van der Waals surface area (Å²) < 4.78 is 66.4. The standard InChI is InChI=1S/C18H19F3N4O4S2/c1-10-17(11(2)23(3)22-10)25(31(4,28)29)15(26)8-24-13-7-12(18(19,20)21)5-6-14(13)30-9-16(24)27/h5-7H,8-9H2,1-4H3. The zero-order valence-corrected chi connectivity index (χ0v) is 18.7. The van der Waals surface area contributed by atoms with E-state index in [1.54, 1.807) is 14.0 Å². The monoisotopic (exact) mass is 476 g/mol. The van der Waals surface area contributed by atoms with Crippen LogP contribution in [0.25, 0.3) is 0 Å². The lowest BCUT2D eigenvalue weighted by atomic mass is 10.1. The number of nitrogens with zero attached hydrogens (tertiary/aromatic N) is 4. The van der Waals surface area contributed by atoms with Crippen molar-refractivity contribution < 1.29 is 31.2 Å². The zero-order chi connectivity index (χ0) is 23.3. The number of sulfonamides is 1. The molecule has 2 heterocycles. The van der Waals surface area contributed by atoms with Crippen molar-refractivity contribution in [3.05, 3.63) is 35.2 Å². The Morgan fingerprint density at radius 2 is 1.94 bits per heavy atom. The van der Waals surface area contributed by atoms with Gasteiger partial charge in [-0.15, -0.1) is 11.8 Å². The molecule has 0 bridgehead atoms. The molecule has 0 unspecified atom stereocenters. The predicted octanol–water partition coefficient (Wildman–Crippen LogP) is 2.49. The average Bonchev–Trinajstić information content (AvgIpc) is 2.88. The Hall–Kier alpha value is -2.54. The molecule has 1 aromatic heterocycles. The number of carbonyl (C=O) groups excluding carboxylic acids is 2. The Balaban J connectivity index is 2.05. The van der Waals surface area contributed by atoms with E-state index in [4.69, 9.17) is 0 Å². The Bertz CT molecular complexity index is 1180. The number of rotatable bonds is 4. The van der Waals surface area contributed by atoms with Crippen LogP contribution in [0.1, 0.15) is 17.0 Å². The van der Waals surface area contributed by atoms with Crippen LogP contribution >= 0.6 is 11.8 Å². The van der Waals surface area contributed by atoms with Gasteiger partial charge in [-0.05, 0) is 32.0 Å². The molecule has 2 aromatic rings. The average molecular weight is 477 g/mol. The molecule has 0 N–H and O–H groups in total. The largest absolute Gasteiger partial charge is 0.416 e. The van der Waals surface area contributed by atoms with Gasteiger partial charge in [0.05, 0.1) is 34.6 Å². The van der Waals surface area contributed by atoms with E-state index in [2.05, 4.69) is 5.10 Å². The van der Waals surface area contributed by atoms with E-state index in [0.717, 1.165) is 35.1 Å². The van der Waals surface area contributed by atoms with E-state index in [1.165, 1.54) is 17.7 Å². The minimum absolute atomic E-state index is 0.0538. The summed E-state index contributed by atoms with van der Waals surface area (Å²) in [4.78, 5) is 26.9. The van der Waals surface area contributed by atoms with E-state index in [9.17, 15) is 31.2 Å². The topological polar surface area (TPSA) is 92.6 Å². The van der Waals surface area contributed by atoms with E-state index >= 15 is 0 Å². The van der Waals surface area contributed by atoms with Crippen LogP contribution in [0, 0.1) is 13.8 Å². The van der Waals surface area contributed by atoms with Crippen molar-refractivity contribution in [2.45, 2.75) is 24.9 Å². The molecule has 1 aliphatic rings. The molecule has 2 amide bonds. The summed E-state index contributed by atoms with van der Waals surface area (Å²) in [5.41, 5.74) is -0.329. The maximum absolute atomic E-state index is 13.2. The number of amides is 2. The number of hydrogen-bond acceptors (Lipinski definition) is 6. The summed E-state index contributed by atoms with van der Waals surface area (Å²) >= 11 is 1.05. The first-order valence-electron chi connectivity index (χ1n) is 8.89. The molecule has 0 aliphatic carbocycles. The first kappa shape index (κ1) is 23.1. The van der Waals surface area contributed by atoms with Gasteiger partial charge in [-0.3, -0.25) is 14.3 Å². The highest BCUT2D eigenvalue weighted by atomic mass is 32.2. The van der Waals surface area contributed by atoms with Gasteiger partial charge < -0.3 is 4.90 Å². The maximum atomic E-state index is 13.2. The van der Waals surface area contributed by atoms with Gasteiger partial charge in [0.15, 0.2) is 0 Å². The lowest BCUT2D eigenvalue weighted by molar-refractivity contribution is -0.137. The number of halogens is 3. The Kier molecular flexibility index (Phi) is 5.86. The number of carbonyl (C=O) groups is 2. The van der Waals surface area contributed by atoms with Crippen LogP contribution in [0.4, 0.5) is 24.5 Å². The van der Waals surface area contributed by atoms with Crippen molar-refractivity contribution in [3.8, 4) is 0 Å². The minimum atomic E-state index is -4.64. The third-order valence-corrected chi connectivity index (χ3v) is 6.85. The van der Waals surface area contributed by atoms with Gasteiger partial charge >= 0.3 is 6.18 Å². The predicted molar refractivity (Wildman–Crippen MR) is 110 cm³/mol. The normalized spacial score (nSPS) is 14.5. The van der Waals surface area contributed by atoms with Crippen LogP contribution in [-0.4, -0.2) is 48.6 Å². The van der Waals surface area contributed by atoms with Crippen molar-refractivity contribution >= 4 is 45.0 Å². The number of alkyl halides is 3. The molecule has 168 valence electrons. The fourth-order valence-corrected chi connectivity index (χ4v) is 5.22. The zero-order valence-electron chi connectivity index (χ0n) is 17.0. The van der Waals surface area contributed by atoms with Crippen molar-refractivity contribution in [1.29, 1.82) is 0 Å². The van der Waals surface area contributed by atoms with Gasteiger partial charge in [0.2, 0.25) is 15.9 Å². The van der Waals surface area contributed by atoms with Crippen LogP contribution in [0.15, 0.2) is 23.1 Å². The summed E-state index contributed by atoms with van der Waals surface area (Å²) in [6.07, 6.45) is -3.81. The molecule has 0 atom stereocenters. The molecule has 8 nitrogen and oxygen atoms in total. The molecule has 1 aliphatic heterocycles. The summed E-state index contributed by atoms with van der Waals surface area (Å²) in [6.45, 7) is 2.37. The molecular formula is C18H19F3N4O4S2. The fourth-order valence-electron chi connectivity index (χ4n) is 3.28. The summed E-state index contributed by atoms with van der Waals surface area (Å²) in [6, 6.07) is 2.92. The molecule has 1 aromatic carbocycles. The second-order valence-electron chi connectivity index (χ2n) is 7.01. The molecule has 0 saturated carbocycles. The van der Waals surface area contributed by atoms with E-state index in [0.29, 0.717) is 14.9 Å². The summed E-state index contributed by atoms with van der Waals surface area (Å²) in [7, 11) is -2.54. The van der Waals surface area contributed by atoms with Crippen molar-refractivity contribution in [1.82, 2.24) is 9.78 Å². The Labute approximate surface area is 181 Å². The molecule has 0 radical (unpaired) electrons. The first-order valence-corrected chi connectivity index (χ1v) is 11.7. The van der Waals surface area contributed by atoms with Crippen molar-refractivity contribution in [3.63, 3.8) is 0 Å². The van der Waals surface area contributed by atoms with Gasteiger partial charge in [0, 0.05) is 11.9 Å². The Morgan fingerprint density at radius 3 is 2.45 bits per heavy atom. The van der Waals surface area contributed by atoms with Gasteiger partial charge in [-0.25, -0.2) is 12.7 Å². The first-order chi connectivity index (χ1) is 14.2. The van der Waals surface area contributed by atoms with Crippen LogP contribution in [0.3, 0.4) is 0 Å². The van der Waals surface area contributed by atoms with Crippen LogP contribution < -0.4 is 9.21 Å². The minimum Gasteiger partial charge on any atom is -0.301 e. The quantitative estimate of drug-likeness (QED) is 0.673. The van der Waals surface area contributed by atoms with Crippen LogP contribution in [-0.2, 0) is 32.8 Å². The summed E-state index contributed by atoms with van der Waals surface area (Å²) in [5, 5.41) is 4.11. The number of fused-ring (bicyclic) bond motifs is 1. The number of hydrogen-bond donors (Lipinski definition) is 0. The number of anilines is 2. The highest BCUT2D eigenvalue weighted by Crippen LogP contribution is 2.40. The molecule has 31 heavy (non-hydrogen) atoms. The van der Waals surface area contributed by atoms with Gasteiger partial charge in [0.25, 0.3) is 5.91 Å². The SMILES string of the molecule is Cc1nn(C)c(C)c1N(C(=O)CN1C(=O)CSc2ccc(C(F)(F)F)cc21)S(C)(=O)=O. The third kappa shape index (κ3) is 4.42. The number of thioether (sulfide) groups is 1. The molecule has 0 saturated heterocycles.